The third kappa shape index (κ3) is 4.67. The average Bonchev–Trinajstić information content (AvgIpc) is 2.83. The lowest BCUT2D eigenvalue weighted by Gasteiger charge is -2.24. The Morgan fingerprint density at radius 2 is 2.00 bits per heavy atom. The molecule has 4 nitrogen and oxygen atoms in total. The van der Waals surface area contributed by atoms with Crippen LogP contribution >= 0.6 is 11.3 Å². The van der Waals surface area contributed by atoms with Gasteiger partial charge in [-0.05, 0) is 6.42 Å². The second kappa shape index (κ2) is 6.31. The molecule has 120 valence electrons. The molecule has 1 aromatic heterocycles. The lowest BCUT2D eigenvalue weighted by molar-refractivity contribution is -0.211. The van der Waals surface area contributed by atoms with E-state index in [2.05, 4.69) is 10.3 Å². The van der Waals surface area contributed by atoms with Crippen LogP contribution in [0.1, 0.15) is 49.6 Å². The molecule has 0 aliphatic rings. The number of nitrogens with one attached hydrogen (secondary N) is 1. The molecule has 21 heavy (non-hydrogen) atoms. The number of carbonyl (C=O) groups is 1. The van der Waals surface area contributed by atoms with Crippen LogP contribution in [0.25, 0.3) is 0 Å². The number of aliphatic hydroxyl groups is 1. The summed E-state index contributed by atoms with van der Waals surface area (Å²) in [7, 11) is 0. The number of aliphatic hydroxyl groups excluding tert-OH is 1. The number of nitrogens with zero attached hydrogens (tertiary/aromatic N) is 1. The van der Waals surface area contributed by atoms with Crippen molar-refractivity contribution in [3.05, 3.63) is 16.1 Å². The lowest BCUT2D eigenvalue weighted by atomic mass is 9.98. The lowest BCUT2D eigenvalue weighted by Crippen LogP contribution is -2.49. The van der Waals surface area contributed by atoms with Gasteiger partial charge in [0.05, 0.1) is 11.0 Å². The van der Waals surface area contributed by atoms with Crippen LogP contribution in [0.4, 0.5) is 13.2 Å². The fourth-order valence-electron chi connectivity index (χ4n) is 1.60. The van der Waals surface area contributed by atoms with E-state index in [0.29, 0.717) is 0 Å². The summed E-state index contributed by atoms with van der Waals surface area (Å²) in [6, 6.07) is -1.39. The molecule has 0 aromatic carbocycles. The molecule has 0 radical (unpaired) electrons. The van der Waals surface area contributed by atoms with Crippen LogP contribution in [-0.4, -0.2) is 34.3 Å². The van der Waals surface area contributed by atoms with E-state index in [1.165, 1.54) is 23.6 Å². The number of hydrogen-bond donors (Lipinski definition) is 2. The molecule has 2 atom stereocenters. The van der Waals surface area contributed by atoms with Crippen LogP contribution in [0.2, 0.25) is 0 Å². The number of thiazole rings is 1. The number of rotatable bonds is 4. The van der Waals surface area contributed by atoms with E-state index in [0.717, 1.165) is 5.01 Å². The first-order chi connectivity index (χ1) is 9.46. The third-order valence-electron chi connectivity index (χ3n) is 2.85. The Labute approximate surface area is 125 Å². The van der Waals surface area contributed by atoms with E-state index in [1.54, 1.807) is 0 Å². The van der Waals surface area contributed by atoms with Crippen molar-refractivity contribution < 1.29 is 23.1 Å². The van der Waals surface area contributed by atoms with Gasteiger partial charge >= 0.3 is 6.18 Å². The minimum atomic E-state index is -4.77. The van der Waals surface area contributed by atoms with Gasteiger partial charge in [0.15, 0.2) is 6.10 Å². The highest BCUT2D eigenvalue weighted by Gasteiger charge is 2.43. The minimum absolute atomic E-state index is 0.0390. The SMILES string of the molecule is CCC(NC(=O)c1csc(C(C)(C)C)n1)C(O)C(F)(F)F. The van der Waals surface area contributed by atoms with Crippen LogP contribution < -0.4 is 5.32 Å². The fraction of sp³-hybridized carbons (Fsp3) is 0.692. The zero-order chi connectivity index (χ0) is 16.4. The number of alkyl halides is 3. The van der Waals surface area contributed by atoms with Gasteiger partial charge in [0.1, 0.15) is 5.69 Å². The summed E-state index contributed by atoms with van der Waals surface area (Å²) in [6.07, 6.45) is -7.40. The molecule has 0 saturated heterocycles. The molecule has 0 fully saturated rings. The van der Waals surface area contributed by atoms with Crippen molar-refractivity contribution in [1.82, 2.24) is 10.3 Å². The molecule has 0 spiro atoms. The third-order valence-corrected chi connectivity index (χ3v) is 4.12. The molecule has 1 heterocycles. The smallest absolute Gasteiger partial charge is 0.382 e. The van der Waals surface area contributed by atoms with Crippen LogP contribution in [-0.2, 0) is 5.41 Å². The summed E-state index contributed by atoms with van der Waals surface area (Å²) in [5.41, 5.74) is -0.170. The largest absolute Gasteiger partial charge is 0.416 e. The molecule has 0 aliphatic carbocycles. The quantitative estimate of drug-likeness (QED) is 0.895. The monoisotopic (exact) mass is 324 g/mol. The number of halogens is 3. The summed E-state index contributed by atoms with van der Waals surface area (Å²) in [4.78, 5) is 16.1. The first kappa shape index (κ1) is 17.9. The maximum Gasteiger partial charge on any atom is 0.416 e. The normalized spacial score (nSPS) is 15.6. The van der Waals surface area contributed by atoms with Gasteiger partial charge in [0.25, 0.3) is 5.91 Å². The molecule has 0 aliphatic heterocycles. The van der Waals surface area contributed by atoms with E-state index in [-0.39, 0.29) is 17.5 Å². The molecule has 2 N–H and O–H groups in total. The highest BCUT2D eigenvalue weighted by molar-refractivity contribution is 7.10. The number of carbonyl (C=O) groups excluding carboxylic acids is 1. The van der Waals surface area contributed by atoms with E-state index in [9.17, 15) is 23.1 Å². The number of aromatic nitrogens is 1. The van der Waals surface area contributed by atoms with Crippen LogP contribution in [0.15, 0.2) is 5.38 Å². The summed E-state index contributed by atoms with van der Waals surface area (Å²) >= 11 is 1.28. The van der Waals surface area contributed by atoms with Crippen LogP contribution in [0, 0.1) is 0 Å². The highest BCUT2D eigenvalue weighted by atomic mass is 32.1. The van der Waals surface area contributed by atoms with Gasteiger partial charge in [0.2, 0.25) is 0 Å². The molecule has 0 bridgehead atoms. The van der Waals surface area contributed by atoms with Crippen molar-refractivity contribution in [2.45, 2.75) is 57.9 Å². The second-order valence-electron chi connectivity index (χ2n) is 5.76. The molecule has 1 amide bonds. The molecule has 8 heteroatoms. The van der Waals surface area contributed by atoms with E-state index >= 15 is 0 Å². The first-order valence-corrected chi connectivity index (χ1v) is 7.36. The molecular weight excluding hydrogens is 305 g/mol. The first-order valence-electron chi connectivity index (χ1n) is 6.48. The van der Waals surface area contributed by atoms with E-state index in [4.69, 9.17) is 0 Å². The van der Waals surface area contributed by atoms with Gasteiger partial charge in [-0.25, -0.2) is 4.98 Å². The van der Waals surface area contributed by atoms with Gasteiger partial charge in [-0.2, -0.15) is 13.2 Å². The summed E-state index contributed by atoms with van der Waals surface area (Å²) in [6.45, 7) is 7.24. The van der Waals surface area contributed by atoms with E-state index < -0.39 is 24.2 Å². The van der Waals surface area contributed by atoms with E-state index in [1.807, 2.05) is 20.8 Å². The van der Waals surface area contributed by atoms with Gasteiger partial charge < -0.3 is 10.4 Å². The van der Waals surface area contributed by atoms with Crippen molar-refractivity contribution in [2.24, 2.45) is 0 Å². The number of hydrogen-bond acceptors (Lipinski definition) is 4. The van der Waals surface area contributed by atoms with Crippen LogP contribution in [0.3, 0.4) is 0 Å². The zero-order valence-corrected chi connectivity index (χ0v) is 13.1. The summed E-state index contributed by atoms with van der Waals surface area (Å²) < 4.78 is 37.5. The Hall–Kier alpha value is -1.15. The Bertz CT molecular complexity index is 494. The predicted molar refractivity (Wildman–Crippen MR) is 74.4 cm³/mol. The Morgan fingerprint density at radius 1 is 1.43 bits per heavy atom. The topological polar surface area (TPSA) is 62.2 Å². The molecule has 1 aromatic rings. The van der Waals surface area contributed by atoms with Gasteiger partial charge in [-0.3, -0.25) is 4.79 Å². The Morgan fingerprint density at radius 3 is 2.38 bits per heavy atom. The Kier molecular flexibility index (Phi) is 5.38. The van der Waals surface area contributed by atoms with Crippen molar-refractivity contribution in [2.75, 3.05) is 0 Å². The minimum Gasteiger partial charge on any atom is -0.382 e. The Balaban J connectivity index is 2.82. The maximum atomic E-state index is 12.5. The van der Waals surface area contributed by atoms with Crippen molar-refractivity contribution >= 4 is 17.2 Å². The van der Waals surface area contributed by atoms with Gasteiger partial charge in [-0.1, -0.05) is 27.7 Å². The standard InChI is InChI=1S/C13H19F3N2O2S/c1-5-7(9(19)13(14,15)16)17-10(20)8-6-21-11(18-8)12(2,3)4/h6-7,9,19H,5H2,1-4H3,(H,17,20). The molecule has 2 unspecified atom stereocenters. The summed E-state index contributed by atoms with van der Waals surface area (Å²) in [5.74, 6) is -0.711. The zero-order valence-electron chi connectivity index (χ0n) is 12.3. The number of amides is 1. The molecule has 0 saturated carbocycles. The second-order valence-corrected chi connectivity index (χ2v) is 6.62. The maximum absolute atomic E-state index is 12.5. The van der Waals surface area contributed by atoms with Gasteiger partial charge in [-0.15, -0.1) is 11.3 Å². The van der Waals surface area contributed by atoms with Crippen LogP contribution in [0.5, 0.6) is 0 Å². The van der Waals surface area contributed by atoms with Crippen molar-refractivity contribution in [3.63, 3.8) is 0 Å². The van der Waals surface area contributed by atoms with Crippen molar-refractivity contribution in [3.8, 4) is 0 Å². The molecule has 1 rings (SSSR count). The fourth-order valence-corrected chi connectivity index (χ4v) is 2.48. The predicted octanol–water partition coefficient (Wildman–Crippen LogP) is 2.87. The van der Waals surface area contributed by atoms with Crippen molar-refractivity contribution in [1.29, 1.82) is 0 Å². The average molecular weight is 324 g/mol. The highest BCUT2D eigenvalue weighted by Crippen LogP contribution is 2.26. The summed E-state index contributed by atoms with van der Waals surface area (Å²) in [5, 5.41) is 13.6. The van der Waals surface area contributed by atoms with Gasteiger partial charge in [0, 0.05) is 10.8 Å². The molecular formula is C13H19F3N2O2S.